The Kier molecular flexibility index (Phi) is 5.99. The predicted octanol–water partition coefficient (Wildman–Crippen LogP) is 5.22. The van der Waals surface area contributed by atoms with Gasteiger partial charge in [0.2, 0.25) is 0 Å². The molecule has 0 radical (unpaired) electrons. The van der Waals surface area contributed by atoms with E-state index in [0.717, 1.165) is 11.1 Å². The van der Waals surface area contributed by atoms with Gasteiger partial charge < -0.3 is 10.0 Å². The number of aliphatic hydroxyl groups is 1. The minimum absolute atomic E-state index is 0.0603. The Bertz CT molecular complexity index is 916. The highest BCUT2D eigenvalue weighted by atomic mass is 19.1. The van der Waals surface area contributed by atoms with Gasteiger partial charge in [-0.05, 0) is 48.0 Å². The molecule has 1 N–H and O–H groups in total. The first-order chi connectivity index (χ1) is 13.4. The van der Waals surface area contributed by atoms with Crippen molar-refractivity contribution in [2.24, 2.45) is 10.9 Å². The Morgan fingerprint density at radius 1 is 1.07 bits per heavy atom. The van der Waals surface area contributed by atoms with Gasteiger partial charge >= 0.3 is 0 Å². The summed E-state index contributed by atoms with van der Waals surface area (Å²) in [6.45, 7) is 3.12. The average Bonchev–Trinajstić information content (AvgIpc) is 2.69. The lowest BCUT2D eigenvalue weighted by Crippen LogP contribution is -2.35. The van der Waals surface area contributed by atoms with Crippen LogP contribution in [0.1, 0.15) is 31.0 Å². The topological polar surface area (TPSA) is 35.8 Å². The highest BCUT2D eigenvalue weighted by Gasteiger charge is 2.28. The quantitative estimate of drug-likeness (QED) is 0.765. The van der Waals surface area contributed by atoms with Crippen LogP contribution in [0.2, 0.25) is 0 Å². The molecule has 0 aliphatic carbocycles. The Balaban J connectivity index is 2.15. The molecule has 28 heavy (non-hydrogen) atoms. The van der Waals surface area contributed by atoms with Crippen LogP contribution in [0.4, 0.5) is 13.2 Å². The molecular formula is C22H21F3N2O. The average molecular weight is 386 g/mol. The summed E-state index contributed by atoms with van der Waals surface area (Å²) in [4.78, 5) is 6.29. The largest absolute Gasteiger partial charge is 0.389 e. The molecule has 0 saturated heterocycles. The summed E-state index contributed by atoms with van der Waals surface area (Å²) in [5.41, 5.74) is 2.07. The predicted molar refractivity (Wildman–Crippen MR) is 104 cm³/mol. The third-order valence-electron chi connectivity index (χ3n) is 4.41. The zero-order valence-corrected chi connectivity index (χ0v) is 15.6. The first-order valence-electron chi connectivity index (χ1n) is 8.96. The molecule has 0 saturated carbocycles. The van der Waals surface area contributed by atoms with Gasteiger partial charge in [-0.1, -0.05) is 26.0 Å². The van der Waals surface area contributed by atoms with Gasteiger partial charge in [-0.3, -0.25) is 0 Å². The molecule has 0 fully saturated rings. The summed E-state index contributed by atoms with van der Waals surface area (Å²) in [6.07, 6.45) is 3.03. The number of aliphatic imine (C=N–C) groups is 1. The van der Waals surface area contributed by atoms with Gasteiger partial charge in [-0.15, -0.1) is 0 Å². The molecule has 1 aliphatic heterocycles. The number of hydrogen-bond donors (Lipinski definition) is 1. The molecular weight excluding hydrogens is 365 g/mol. The Labute approximate surface area is 162 Å². The molecule has 1 unspecified atom stereocenters. The van der Waals surface area contributed by atoms with E-state index in [2.05, 4.69) is 4.99 Å². The number of halogens is 3. The highest BCUT2D eigenvalue weighted by molar-refractivity contribution is 5.93. The van der Waals surface area contributed by atoms with Crippen molar-refractivity contribution in [1.82, 2.24) is 4.90 Å². The minimum atomic E-state index is -0.730. The molecule has 6 heteroatoms. The van der Waals surface area contributed by atoms with Crippen molar-refractivity contribution in [3.63, 3.8) is 0 Å². The molecule has 3 rings (SSSR count). The summed E-state index contributed by atoms with van der Waals surface area (Å²) in [5.74, 6) is -0.907. The second kappa shape index (κ2) is 8.44. The second-order valence-corrected chi connectivity index (χ2v) is 6.82. The van der Waals surface area contributed by atoms with Crippen molar-refractivity contribution in [2.45, 2.75) is 19.9 Å². The fourth-order valence-corrected chi connectivity index (χ4v) is 3.05. The van der Waals surface area contributed by atoms with Crippen LogP contribution in [-0.4, -0.2) is 22.4 Å². The third kappa shape index (κ3) is 4.34. The molecule has 0 bridgehead atoms. The van der Waals surface area contributed by atoms with E-state index in [4.69, 9.17) is 5.11 Å². The Morgan fingerprint density at radius 3 is 2.18 bits per heavy atom. The van der Waals surface area contributed by atoms with E-state index >= 15 is 0 Å². The first kappa shape index (κ1) is 19.9. The maximum Gasteiger partial charge on any atom is 0.141 e. The van der Waals surface area contributed by atoms with E-state index in [0.29, 0.717) is 11.5 Å². The molecule has 1 atom stereocenters. The van der Waals surface area contributed by atoms with Crippen molar-refractivity contribution < 1.29 is 18.3 Å². The van der Waals surface area contributed by atoms with Gasteiger partial charge in [0.1, 0.15) is 23.3 Å². The molecule has 0 spiro atoms. The van der Waals surface area contributed by atoms with Crippen LogP contribution in [0.3, 0.4) is 0 Å². The molecule has 2 aromatic rings. The lowest BCUT2D eigenvalue weighted by atomic mass is 9.98. The SMILES string of the molecule is CC(C)C1=NC(c2ccc(F)cc2)=CC(c2ccc(F)cc2)N1C=C(F)CO. The molecule has 0 amide bonds. The van der Waals surface area contributed by atoms with Crippen LogP contribution in [-0.2, 0) is 0 Å². The standard InChI is InChI=1S/C22H21F3N2O/c1-14(2)22-26-20(15-3-7-17(23)8-4-15)11-21(27(22)12-19(25)13-28)16-5-9-18(24)10-6-16/h3-12,14,21,28H,13H2,1-2H3. The molecule has 146 valence electrons. The Hall–Kier alpha value is -2.86. The van der Waals surface area contributed by atoms with E-state index in [1.165, 1.54) is 30.5 Å². The molecule has 3 nitrogen and oxygen atoms in total. The maximum atomic E-state index is 14.0. The second-order valence-electron chi connectivity index (χ2n) is 6.82. The number of amidine groups is 1. The van der Waals surface area contributed by atoms with Gasteiger partial charge in [-0.25, -0.2) is 18.2 Å². The highest BCUT2D eigenvalue weighted by Crippen LogP contribution is 2.35. The molecule has 1 heterocycles. The van der Waals surface area contributed by atoms with E-state index in [9.17, 15) is 13.2 Å². The smallest absolute Gasteiger partial charge is 0.141 e. The summed E-state index contributed by atoms with van der Waals surface area (Å²) < 4.78 is 40.7. The Morgan fingerprint density at radius 2 is 1.64 bits per heavy atom. The lowest BCUT2D eigenvalue weighted by molar-refractivity contribution is 0.291. The zero-order chi connectivity index (χ0) is 20.3. The van der Waals surface area contributed by atoms with Gasteiger partial charge in [0.25, 0.3) is 0 Å². The first-order valence-corrected chi connectivity index (χ1v) is 8.96. The van der Waals surface area contributed by atoms with Gasteiger partial charge in [0, 0.05) is 17.7 Å². The van der Waals surface area contributed by atoms with Gasteiger partial charge in [0.05, 0.1) is 18.3 Å². The van der Waals surface area contributed by atoms with Crippen molar-refractivity contribution in [3.8, 4) is 0 Å². The van der Waals surface area contributed by atoms with Crippen LogP contribution in [0, 0.1) is 17.6 Å². The van der Waals surface area contributed by atoms with Crippen molar-refractivity contribution in [3.05, 3.63) is 89.4 Å². The minimum Gasteiger partial charge on any atom is -0.389 e. The van der Waals surface area contributed by atoms with Crippen molar-refractivity contribution in [2.75, 3.05) is 6.61 Å². The van der Waals surface area contributed by atoms with E-state index in [1.807, 2.05) is 19.9 Å². The monoisotopic (exact) mass is 386 g/mol. The van der Waals surface area contributed by atoms with E-state index in [-0.39, 0.29) is 17.6 Å². The summed E-state index contributed by atoms with van der Waals surface area (Å²) in [7, 11) is 0. The molecule has 1 aliphatic rings. The fourth-order valence-electron chi connectivity index (χ4n) is 3.05. The van der Waals surface area contributed by atoms with E-state index in [1.54, 1.807) is 29.2 Å². The third-order valence-corrected chi connectivity index (χ3v) is 4.41. The zero-order valence-electron chi connectivity index (χ0n) is 15.6. The van der Waals surface area contributed by atoms with Gasteiger partial charge in [-0.2, -0.15) is 0 Å². The van der Waals surface area contributed by atoms with Crippen LogP contribution >= 0.6 is 0 Å². The van der Waals surface area contributed by atoms with Crippen molar-refractivity contribution in [1.29, 1.82) is 0 Å². The lowest BCUT2D eigenvalue weighted by Gasteiger charge is -2.35. The van der Waals surface area contributed by atoms with Crippen molar-refractivity contribution >= 4 is 11.5 Å². The number of benzene rings is 2. The van der Waals surface area contributed by atoms with Crippen LogP contribution in [0.15, 0.2) is 71.6 Å². The normalized spacial score (nSPS) is 17.6. The summed E-state index contributed by atoms with van der Waals surface area (Å²) >= 11 is 0. The van der Waals surface area contributed by atoms with Crippen LogP contribution in [0.25, 0.3) is 5.70 Å². The van der Waals surface area contributed by atoms with Crippen LogP contribution < -0.4 is 0 Å². The number of aliphatic hydroxyl groups excluding tert-OH is 1. The maximum absolute atomic E-state index is 14.0. The number of hydrogen-bond acceptors (Lipinski definition) is 3. The van der Waals surface area contributed by atoms with Crippen LogP contribution in [0.5, 0.6) is 0 Å². The fraction of sp³-hybridized carbons (Fsp3) is 0.227. The number of nitrogens with zero attached hydrogens (tertiary/aromatic N) is 2. The van der Waals surface area contributed by atoms with E-state index < -0.39 is 18.5 Å². The van der Waals surface area contributed by atoms with Gasteiger partial charge in [0.15, 0.2) is 0 Å². The number of rotatable bonds is 5. The molecule has 0 aromatic heterocycles. The summed E-state index contributed by atoms with van der Waals surface area (Å²) in [6, 6.07) is 11.4. The summed E-state index contributed by atoms with van der Waals surface area (Å²) in [5, 5.41) is 9.13. The molecule has 2 aromatic carbocycles.